The molecule has 0 spiro atoms. The third kappa shape index (κ3) is 4.77. The highest BCUT2D eigenvalue weighted by Crippen LogP contribution is 2.18. The Kier molecular flexibility index (Phi) is 6.69. The zero-order valence-corrected chi connectivity index (χ0v) is 11.6. The highest BCUT2D eigenvalue weighted by Gasteiger charge is 2.01. The summed E-state index contributed by atoms with van der Waals surface area (Å²) in [6.07, 6.45) is 12.0. The third-order valence-corrected chi connectivity index (χ3v) is 3.17. The normalized spacial score (nSPS) is 11.2. The van der Waals surface area contributed by atoms with E-state index in [0.717, 1.165) is 0 Å². The number of hydrogen-bond donors (Lipinski definition) is 0. The number of aryl methyl sites for hydroxylation is 2. The SMILES string of the molecule is CC=Cc1ccc(CCCC)cc1CCCC. The molecule has 0 saturated carbocycles. The molecule has 0 fully saturated rings. The average Bonchev–Trinajstić information content (AvgIpc) is 2.36. The number of hydrogen-bond acceptors (Lipinski definition) is 0. The van der Waals surface area contributed by atoms with Crippen molar-refractivity contribution in [2.24, 2.45) is 0 Å². The molecular weight excluding hydrogens is 204 g/mol. The lowest BCUT2D eigenvalue weighted by Gasteiger charge is -2.09. The van der Waals surface area contributed by atoms with Crippen LogP contribution >= 0.6 is 0 Å². The minimum absolute atomic E-state index is 1.22. The van der Waals surface area contributed by atoms with Gasteiger partial charge in [0.25, 0.3) is 0 Å². The van der Waals surface area contributed by atoms with Gasteiger partial charge in [-0.1, -0.05) is 57.0 Å². The van der Waals surface area contributed by atoms with Gasteiger partial charge in [-0.05, 0) is 49.3 Å². The van der Waals surface area contributed by atoms with Crippen molar-refractivity contribution in [2.75, 3.05) is 0 Å². The smallest absolute Gasteiger partial charge is 0.0228 e. The lowest BCUT2D eigenvalue weighted by atomic mass is 9.97. The maximum Gasteiger partial charge on any atom is -0.0228 e. The molecule has 0 amide bonds. The predicted octanol–water partition coefficient (Wildman–Crippen LogP) is 5.40. The Balaban J connectivity index is 2.84. The van der Waals surface area contributed by atoms with Gasteiger partial charge < -0.3 is 0 Å². The van der Waals surface area contributed by atoms with Crippen molar-refractivity contribution in [3.8, 4) is 0 Å². The molecule has 0 nitrogen and oxygen atoms in total. The summed E-state index contributed by atoms with van der Waals surface area (Å²) < 4.78 is 0. The molecule has 0 aliphatic heterocycles. The third-order valence-electron chi connectivity index (χ3n) is 3.17. The van der Waals surface area contributed by atoms with E-state index in [-0.39, 0.29) is 0 Å². The first-order chi connectivity index (χ1) is 8.31. The summed E-state index contributed by atoms with van der Waals surface area (Å²) in [7, 11) is 0. The quantitative estimate of drug-likeness (QED) is 0.588. The lowest BCUT2D eigenvalue weighted by molar-refractivity contribution is 0.780. The van der Waals surface area contributed by atoms with Crippen molar-refractivity contribution >= 4 is 6.08 Å². The summed E-state index contributed by atoms with van der Waals surface area (Å²) in [5, 5.41) is 0. The topological polar surface area (TPSA) is 0 Å². The zero-order valence-electron chi connectivity index (χ0n) is 11.6. The van der Waals surface area contributed by atoms with Gasteiger partial charge in [-0.2, -0.15) is 0 Å². The predicted molar refractivity (Wildman–Crippen MR) is 78.4 cm³/mol. The van der Waals surface area contributed by atoms with Crippen LogP contribution in [0.2, 0.25) is 0 Å². The van der Waals surface area contributed by atoms with Gasteiger partial charge in [-0.3, -0.25) is 0 Å². The molecule has 0 N–H and O–H groups in total. The molecule has 0 radical (unpaired) electrons. The fourth-order valence-electron chi connectivity index (χ4n) is 2.12. The minimum atomic E-state index is 1.22. The summed E-state index contributed by atoms with van der Waals surface area (Å²) in [6.45, 7) is 6.61. The van der Waals surface area contributed by atoms with Crippen LogP contribution in [0.15, 0.2) is 24.3 Å². The standard InChI is InChI=1S/C17H26/c1-4-7-10-15-12-13-16(9-6-3)17(14-15)11-8-5-2/h6,9,12-14H,4-5,7-8,10-11H2,1-3H3. The average molecular weight is 230 g/mol. The van der Waals surface area contributed by atoms with E-state index in [1.165, 1.54) is 55.2 Å². The zero-order chi connectivity index (χ0) is 12.5. The molecule has 0 heterocycles. The van der Waals surface area contributed by atoms with Crippen molar-refractivity contribution < 1.29 is 0 Å². The van der Waals surface area contributed by atoms with E-state index >= 15 is 0 Å². The van der Waals surface area contributed by atoms with Gasteiger partial charge in [-0.15, -0.1) is 0 Å². The molecule has 1 aromatic rings. The Hall–Kier alpha value is -1.04. The molecule has 17 heavy (non-hydrogen) atoms. The van der Waals surface area contributed by atoms with Gasteiger partial charge in [0, 0.05) is 0 Å². The van der Waals surface area contributed by atoms with E-state index in [1.807, 2.05) is 0 Å². The highest BCUT2D eigenvalue weighted by molar-refractivity contribution is 5.54. The van der Waals surface area contributed by atoms with Crippen molar-refractivity contribution in [1.82, 2.24) is 0 Å². The van der Waals surface area contributed by atoms with Gasteiger partial charge in [-0.25, -0.2) is 0 Å². The summed E-state index contributed by atoms with van der Waals surface area (Å²) >= 11 is 0. The van der Waals surface area contributed by atoms with Gasteiger partial charge >= 0.3 is 0 Å². The van der Waals surface area contributed by atoms with Crippen LogP contribution in [0.5, 0.6) is 0 Å². The van der Waals surface area contributed by atoms with Crippen molar-refractivity contribution in [3.05, 3.63) is 41.0 Å². The van der Waals surface area contributed by atoms with Gasteiger partial charge in [0.1, 0.15) is 0 Å². The molecule has 94 valence electrons. The van der Waals surface area contributed by atoms with Crippen LogP contribution in [-0.4, -0.2) is 0 Å². The van der Waals surface area contributed by atoms with Crippen molar-refractivity contribution in [3.63, 3.8) is 0 Å². The van der Waals surface area contributed by atoms with E-state index < -0.39 is 0 Å². The molecule has 0 saturated heterocycles. The molecule has 1 aromatic carbocycles. The van der Waals surface area contributed by atoms with Crippen LogP contribution in [0.1, 0.15) is 63.1 Å². The Morgan fingerprint density at radius 3 is 2.35 bits per heavy atom. The minimum Gasteiger partial charge on any atom is -0.0871 e. The number of benzene rings is 1. The number of unbranched alkanes of at least 4 members (excludes halogenated alkanes) is 2. The second-order valence-corrected chi connectivity index (χ2v) is 4.74. The Bertz CT molecular complexity index is 347. The highest BCUT2D eigenvalue weighted by atomic mass is 14.1. The summed E-state index contributed by atoms with van der Waals surface area (Å²) in [4.78, 5) is 0. The van der Waals surface area contributed by atoms with Crippen LogP contribution < -0.4 is 0 Å². The Morgan fingerprint density at radius 1 is 1.00 bits per heavy atom. The second-order valence-electron chi connectivity index (χ2n) is 4.74. The largest absolute Gasteiger partial charge is 0.0871 e. The lowest BCUT2D eigenvalue weighted by Crippen LogP contribution is -1.93. The van der Waals surface area contributed by atoms with E-state index in [2.05, 4.69) is 51.1 Å². The summed E-state index contributed by atoms with van der Waals surface area (Å²) in [5.41, 5.74) is 4.44. The molecule has 1 rings (SSSR count). The van der Waals surface area contributed by atoms with Crippen LogP contribution in [0.25, 0.3) is 6.08 Å². The first kappa shape index (κ1) is 14.0. The molecule has 0 aliphatic carbocycles. The molecule has 0 atom stereocenters. The summed E-state index contributed by atoms with van der Waals surface area (Å²) in [6, 6.07) is 7.00. The fraction of sp³-hybridized carbons (Fsp3) is 0.529. The first-order valence-corrected chi connectivity index (χ1v) is 7.06. The number of rotatable bonds is 7. The maximum atomic E-state index is 2.42. The molecule has 0 bridgehead atoms. The van der Waals surface area contributed by atoms with Crippen LogP contribution in [-0.2, 0) is 12.8 Å². The van der Waals surface area contributed by atoms with Gasteiger partial charge in [0.05, 0.1) is 0 Å². The van der Waals surface area contributed by atoms with E-state index in [0.29, 0.717) is 0 Å². The van der Waals surface area contributed by atoms with Crippen LogP contribution in [0.4, 0.5) is 0 Å². The molecule has 0 unspecified atom stereocenters. The maximum absolute atomic E-state index is 2.42. The number of allylic oxidation sites excluding steroid dienone is 1. The van der Waals surface area contributed by atoms with Crippen molar-refractivity contribution in [2.45, 2.75) is 59.3 Å². The second kappa shape index (κ2) is 8.11. The van der Waals surface area contributed by atoms with E-state index in [4.69, 9.17) is 0 Å². The van der Waals surface area contributed by atoms with Crippen LogP contribution in [0, 0.1) is 0 Å². The van der Waals surface area contributed by atoms with Gasteiger partial charge in [0.15, 0.2) is 0 Å². The Labute approximate surface area is 107 Å². The van der Waals surface area contributed by atoms with Crippen LogP contribution in [0.3, 0.4) is 0 Å². The molecule has 0 aromatic heterocycles. The molecule has 0 heteroatoms. The molecular formula is C17H26. The Morgan fingerprint density at radius 2 is 1.71 bits per heavy atom. The van der Waals surface area contributed by atoms with E-state index in [1.54, 1.807) is 0 Å². The van der Waals surface area contributed by atoms with Crippen molar-refractivity contribution in [1.29, 1.82) is 0 Å². The first-order valence-electron chi connectivity index (χ1n) is 7.06. The molecule has 0 aliphatic rings. The van der Waals surface area contributed by atoms with E-state index in [9.17, 15) is 0 Å². The monoisotopic (exact) mass is 230 g/mol. The van der Waals surface area contributed by atoms with Gasteiger partial charge in [0.2, 0.25) is 0 Å². The fourth-order valence-corrected chi connectivity index (χ4v) is 2.12. The summed E-state index contributed by atoms with van der Waals surface area (Å²) in [5.74, 6) is 0.